The second-order valence-corrected chi connectivity index (χ2v) is 6.69. The van der Waals surface area contributed by atoms with Crippen LogP contribution in [0.15, 0.2) is 42.6 Å². The minimum Gasteiger partial charge on any atom is -0.334 e. The Morgan fingerprint density at radius 1 is 1.26 bits per heavy atom. The lowest BCUT2D eigenvalue weighted by Gasteiger charge is -2.18. The fraction of sp³-hybridized carbons (Fsp3) is 0.200. The molecule has 2 nitrogen and oxygen atoms in total. The molecular formula is C15H13ClN2S. The van der Waals surface area contributed by atoms with Crippen LogP contribution in [-0.4, -0.2) is 4.57 Å². The highest BCUT2D eigenvalue weighted by Crippen LogP contribution is 2.41. The van der Waals surface area contributed by atoms with E-state index in [-0.39, 0.29) is 6.04 Å². The first-order valence-electron chi connectivity index (χ1n) is 6.33. The fourth-order valence-electron chi connectivity index (χ4n) is 3.05. The first-order chi connectivity index (χ1) is 9.24. The molecule has 3 aromatic rings. The van der Waals surface area contributed by atoms with E-state index < -0.39 is 0 Å². The van der Waals surface area contributed by atoms with E-state index in [0.717, 1.165) is 10.8 Å². The van der Waals surface area contributed by atoms with Gasteiger partial charge in [-0.2, -0.15) is 0 Å². The molecule has 0 spiro atoms. The molecule has 0 aliphatic heterocycles. The monoisotopic (exact) mass is 288 g/mol. The molecule has 0 unspecified atom stereocenters. The summed E-state index contributed by atoms with van der Waals surface area (Å²) in [5.74, 6) is 0. The van der Waals surface area contributed by atoms with Crippen LogP contribution in [0.3, 0.4) is 0 Å². The molecule has 19 heavy (non-hydrogen) atoms. The molecule has 96 valence electrons. The molecule has 4 heteroatoms. The first kappa shape index (κ1) is 11.5. The highest BCUT2D eigenvalue weighted by atomic mass is 35.5. The predicted molar refractivity (Wildman–Crippen MR) is 80.9 cm³/mol. The smallest absolute Gasteiger partial charge is 0.104 e. The first-order valence-corrected chi connectivity index (χ1v) is 7.53. The number of rotatable bonds is 1. The summed E-state index contributed by atoms with van der Waals surface area (Å²) in [5.41, 5.74) is 9.07. The minimum atomic E-state index is 0.0627. The number of nitrogens with zero attached hydrogens (tertiary/aromatic N) is 1. The van der Waals surface area contributed by atoms with Crippen LogP contribution in [0.5, 0.6) is 0 Å². The summed E-state index contributed by atoms with van der Waals surface area (Å²) in [4.78, 5) is 1.22. The van der Waals surface area contributed by atoms with Gasteiger partial charge in [-0.05, 0) is 29.7 Å². The van der Waals surface area contributed by atoms with Gasteiger partial charge in [0.25, 0.3) is 0 Å². The maximum Gasteiger partial charge on any atom is 0.104 e. The third-order valence-corrected chi connectivity index (χ3v) is 5.27. The maximum atomic E-state index is 6.43. The summed E-state index contributed by atoms with van der Waals surface area (Å²) in [7, 11) is 0. The Morgan fingerprint density at radius 3 is 2.95 bits per heavy atom. The van der Waals surface area contributed by atoms with E-state index in [1.165, 1.54) is 21.3 Å². The lowest BCUT2D eigenvalue weighted by atomic mass is 10.1. The van der Waals surface area contributed by atoms with Gasteiger partial charge >= 0.3 is 0 Å². The van der Waals surface area contributed by atoms with Crippen LogP contribution >= 0.6 is 22.9 Å². The summed E-state index contributed by atoms with van der Waals surface area (Å²) < 4.78 is 3.12. The molecule has 0 bridgehead atoms. The topological polar surface area (TPSA) is 30.9 Å². The summed E-state index contributed by atoms with van der Waals surface area (Å²) >= 11 is 7.73. The Balaban J connectivity index is 1.82. The van der Waals surface area contributed by atoms with Gasteiger partial charge in [0.05, 0.1) is 16.4 Å². The van der Waals surface area contributed by atoms with Gasteiger partial charge in [0.1, 0.15) is 4.83 Å². The zero-order chi connectivity index (χ0) is 13.0. The Morgan fingerprint density at radius 2 is 2.11 bits per heavy atom. The lowest BCUT2D eigenvalue weighted by molar-refractivity contribution is 0.464. The van der Waals surface area contributed by atoms with Crippen molar-refractivity contribution in [1.82, 2.24) is 4.57 Å². The van der Waals surface area contributed by atoms with Gasteiger partial charge in [-0.1, -0.05) is 35.9 Å². The van der Waals surface area contributed by atoms with E-state index in [2.05, 4.69) is 41.1 Å². The van der Waals surface area contributed by atoms with Crippen LogP contribution in [0.1, 0.15) is 23.2 Å². The largest absolute Gasteiger partial charge is 0.334 e. The highest BCUT2D eigenvalue weighted by molar-refractivity contribution is 7.22. The zero-order valence-electron chi connectivity index (χ0n) is 10.2. The molecule has 1 aliphatic rings. The second kappa shape index (κ2) is 4.10. The lowest BCUT2D eigenvalue weighted by Crippen LogP contribution is -2.19. The minimum absolute atomic E-state index is 0.0627. The van der Waals surface area contributed by atoms with E-state index in [1.807, 2.05) is 6.07 Å². The maximum absolute atomic E-state index is 6.43. The second-order valence-electron chi connectivity index (χ2n) is 5.03. The Kier molecular flexibility index (Phi) is 2.49. The normalized spacial score (nSPS) is 22.0. The molecule has 0 radical (unpaired) electrons. The van der Waals surface area contributed by atoms with Gasteiger partial charge in [-0.25, -0.2) is 0 Å². The molecule has 0 fully saturated rings. The number of nitrogens with two attached hydrogens (primary N) is 1. The molecule has 1 aliphatic carbocycles. The fourth-order valence-corrected chi connectivity index (χ4v) is 4.31. The van der Waals surface area contributed by atoms with Gasteiger partial charge in [-0.3, -0.25) is 0 Å². The average molecular weight is 289 g/mol. The summed E-state index contributed by atoms with van der Waals surface area (Å²) in [6.07, 6.45) is 3.13. The Labute approximate surface area is 120 Å². The van der Waals surface area contributed by atoms with E-state index in [4.69, 9.17) is 17.3 Å². The molecule has 1 aromatic carbocycles. The number of halogens is 1. The van der Waals surface area contributed by atoms with Crippen LogP contribution in [0, 0.1) is 0 Å². The molecule has 2 N–H and O–H groups in total. The van der Waals surface area contributed by atoms with Crippen molar-refractivity contribution in [3.63, 3.8) is 0 Å². The predicted octanol–water partition coefficient (Wildman–Crippen LogP) is 4.15. The van der Waals surface area contributed by atoms with Gasteiger partial charge in [0.15, 0.2) is 0 Å². The van der Waals surface area contributed by atoms with Crippen molar-refractivity contribution in [1.29, 1.82) is 0 Å². The molecule has 4 rings (SSSR count). The summed E-state index contributed by atoms with van der Waals surface area (Å²) in [6.45, 7) is 0. The standard InChI is InChI=1S/C15H13ClN2S/c16-13-8-10-5-6-18(15(10)19-13)12-7-9-3-1-2-4-11(9)14(12)17/h1-6,8,12,14H,7,17H2/t12-,14-/m1/s1. The summed E-state index contributed by atoms with van der Waals surface area (Å²) in [5, 5.41) is 1.21. The molecule has 2 atom stereocenters. The molecule has 0 saturated carbocycles. The molecule has 0 amide bonds. The van der Waals surface area contributed by atoms with Crippen LogP contribution in [0.25, 0.3) is 10.2 Å². The number of thiophene rings is 1. The number of benzene rings is 1. The van der Waals surface area contributed by atoms with E-state index >= 15 is 0 Å². The van der Waals surface area contributed by atoms with Gasteiger partial charge in [-0.15, -0.1) is 11.3 Å². The van der Waals surface area contributed by atoms with Crippen molar-refractivity contribution in [3.05, 3.63) is 58.1 Å². The van der Waals surface area contributed by atoms with Gasteiger partial charge < -0.3 is 10.3 Å². The number of fused-ring (bicyclic) bond motifs is 2. The number of hydrogen-bond donors (Lipinski definition) is 1. The zero-order valence-corrected chi connectivity index (χ0v) is 11.8. The van der Waals surface area contributed by atoms with E-state index in [1.54, 1.807) is 11.3 Å². The Bertz CT molecular complexity index is 758. The number of aromatic nitrogens is 1. The Hall–Kier alpha value is -1.29. The van der Waals surface area contributed by atoms with Crippen molar-refractivity contribution < 1.29 is 0 Å². The van der Waals surface area contributed by atoms with Crippen LogP contribution in [-0.2, 0) is 6.42 Å². The van der Waals surface area contributed by atoms with E-state index in [9.17, 15) is 0 Å². The third kappa shape index (κ3) is 1.66. The molecule has 0 saturated heterocycles. The van der Waals surface area contributed by atoms with Crippen molar-refractivity contribution in [2.75, 3.05) is 0 Å². The quantitative estimate of drug-likeness (QED) is 0.716. The van der Waals surface area contributed by atoms with Crippen molar-refractivity contribution in [3.8, 4) is 0 Å². The van der Waals surface area contributed by atoms with E-state index in [0.29, 0.717) is 6.04 Å². The SMILES string of the molecule is N[C@@H]1c2ccccc2C[C@H]1n1ccc2cc(Cl)sc21. The van der Waals surface area contributed by atoms with Gasteiger partial charge in [0.2, 0.25) is 0 Å². The van der Waals surface area contributed by atoms with Crippen LogP contribution < -0.4 is 5.73 Å². The van der Waals surface area contributed by atoms with Crippen molar-refractivity contribution in [2.45, 2.75) is 18.5 Å². The average Bonchev–Trinajstić information content (AvgIpc) is 3.03. The third-order valence-electron chi connectivity index (χ3n) is 3.97. The van der Waals surface area contributed by atoms with Gasteiger partial charge in [0, 0.05) is 11.6 Å². The van der Waals surface area contributed by atoms with Crippen LogP contribution in [0.4, 0.5) is 0 Å². The molecular weight excluding hydrogens is 276 g/mol. The van der Waals surface area contributed by atoms with Crippen LogP contribution in [0.2, 0.25) is 4.34 Å². The highest BCUT2D eigenvalue weighted by Gasteiger charge is 2.31. The molecule has 2 heterocycles. The van der Waals surface area contributed by atoms with Crippen molar-refractivity contribution >= 4 is 33.2 Å². The van der Waals surface area contributed by atoms with Crippen molar-refractivity contribution in [2.24, 2.45) is 5.73 Å². The molecule has 2 aromatic heterocycles. The summed E-state index contributed by atoms with van der Waals surface area (Å²) in [6, 6.07) is 13.0. The number of hydrogen-bond acceptors (Lipinski definition) is 2.